The van der Waals surface area contributed by atoms with E-state index in [1.54, 1.807) is 0 Å². The van der Waals surface area contributed by atoms with Crippen LogP contribution in [-0.4, -0.2) is 15.2 Å². The molecule has 0 aliphatic carbocycles. The van der Waals surface area contributed by atoms with Gasteiger partial charge in [-0.05, 0) is 35.1 Å². The maximum Gasteiger partial charge on any atom is 0.186 e. The van der Waals surface area contributed by atoms with Crippen LogP contribution in [0.15, 0.2) is 84.9 Å². The molecule has 0 saturated carbocycles. The van der Waals surface area contributed by atoms with Crippen molar-refractivity contribution in [3.8, 4) is 11.3 Å². The standard InChI is InChI=1S/C29H30N2O/c1-20(2)24-17-12-18-26-30-27(22-15-10-7-11-16-22)28(31(24)26)23(29(3,4)5)19-25(32)21-13-8-6-9-14-21/h6-20H,1-5H3/b23-19+. The van der Waals surface area contributed by atoms with Crippen LogP contribution in [0.3, 0.4) is 0 Å². The maximum atomic E-state index is 13.3. The van der Waals surface area contributed by atoms with Crippen molar-refractivity contribution in [3.05, 3.63) is 102 Å². The number of imidazole rings is 1. The zero-order chi connectivity index (χ0) is 22.9. The highest BCUT2D eigenvalue weighted by molar-refractivity contribution is 6.09. The lowest BCUT2D eigenvalue weighted by atomic mass is 9.81. The van der Waals surface area contributed by atoms with Crippen LogP contribution >= 0.6 is 0 Å². The van der Waals surface area contributed by atoms with E-state index in [0.29, 0.717) is 11.5 Å². The molecule has 0 fully saturated rings. The molecule has 3 nitrogen and oxygen atoms in total. The van der Waals surface area contributed by atoms with Gasteiger partial charge in [0.05, 0.1) is 11.4 Å². The minimum Gasteiger partial charge on any atom is -0.296 e. The normalized spacial score (nSPS) is 12.5. The lowest BCUT2D eigenvalue weighted by molar-refractivity contribution is 0.104. The maximum absolute atomic E-state index is 13.3. The zero-order valence-electron chi connectivity index (χ0n) is 19.5. The Morgan fingerprint density at radius 2 is 1.50 bits per heavy atom. The monoisotopic (exact) mass is 422 g/mol. The van der Waals surface area contributed by atoms with E-state index >= 15 is 0 Å². The van der Waals surface area contributed by atoms with Gasteiger partial charge in [0.2, 0.25) is 0 Å². The molecule has 2 aromatic carbocycles. The molecule has 2 aromatic heterocycles. The molecule has 0 spiro atoms. The Kier molecular flexibility index (Phi) is 5.84. The lowest BCUT2D eigenvalue weighted by Crippen LogP contribution is -2.14. The van der Waals surface area contributed by atoms with Crippen molar-refractivity contribution in [2.45, 2.75) is 40.5 Å². The van der Waals surface area contributed by atoms with Crippen LogP contribution in [0, 0.1) is 5.41 Å². The van der Waals surface area contributed by atoms with Crippen LogP contribution in [-0.2, 0) is 0 Å². The van der Waals surface area contributed by atoms with Gasteiger partial charge in [0.15, 0.2) is 5.78 Å². The Morgan fingerprint density at radius 1 is 0.875 bits per heavy atom. The smallest absolute Gasteiger partial charge is 0.186 e. The van der Waals surface area contributed by atoms with Crippen molar-refractivity contribution >= 4 is 17.0 Å². The number of fused-ring (bicyclic) bond motifs is 1. The van der Waals surface area contributed by atoms with Gasteiger partial charge >= 0.3 is 0 Å². The summed E-state index contributed by atoms with van der Waals surface area (Å²) in [7, 11) is 0. The van der Waals surface area contributed by atoms with Gasteiger partial charge in [0, 0.05) is 16.8 Å². The molecule has 0 N–H and O–H groups in total. The summed E-state index contributed by atoms with van der Waals surface area (Å²) in [6.07, 6.45) is 1.81. The van der Waals surface area contributed by atoms with Gasteiger partial charge in [0.25, 0.3) is 0 Å². The fourth-order valence-electron chi connectivity index (χ4n) is 4.07. The molecule has 0 unspecified atom stereocenters. The number of ketones is 1. The van der Waals surface area contributed by atoms with Crippen molar-refractivity contribution in [3.63, 3.8) is 0 Å². The first-order valence-corrected chi connectivity index (χ1v) is 11.2. The van der Waals surface area contributed by atoms with Gasteiger partial charge < -0.3 is 0 Å². The number of allylic oxidation sites excluding steroid dienone is 2. The van der Waals surface area contributed by atoms with E-state index in [1.807, 2.05) is 60.7 Å². The number of carbonyl (C=O) groups excluding carboxylic acids is 1. The van der Waals surface area contributed by atoms with Crippen LogP contribution < -0.4 is 0 Å². The molecule has 4 rings (SSSR count). The Balaban J connectivity index is 2.07. The molecule has 0 aliphatic heterocycles. The van der Waals surface area contributed by atoms with Crippen LogP contribution in [0.1, 0.15) is 62.3 Å². The number of nitrogens with zero attached hydrogens (tertiary/aromatic N) is 2. The summed E-state index contributed by atoms with van der Waals surface area (Å²) in [6.45, 7) is 10.8. The Labute approximate surface area is 190 Å². The molecule has 32 heavy (non-hydrogen) atoms. The molecule has 0 aliphatic rings. The third-order valence-electron chi connectivity index (χ3n) is 5.71. The molecule has 0 saturated heterocycles. The van der Waals surface area contributed by atoms with E-state index in [9.17, 15) is 4.79 Å². The van der Waals surface area contributed by atoms with Crippen molar-refractivity contribution in [2.24, 2.45) is 5.41 Å². The van der Waals surface area contributed by atoms with E-state index in [2.05, 4.69) is 63.3 Å². The van der Waals surface area contributed by atoms with E-state index in [4.69, 9.17) is 4.98 Å². The highest BCUT2D eigenvalue weighted by Gasteiger charge is 2.28. The fourth-order valence-corrected chi connectivity index (χ4v) is 4.07. The van der Waals surface area contributed by atoms with E-state index in [1.165, 1.54) is 5.69 Å². The Bertz CT molecular complexity index is 1270. The molecule has 0 bridgehead atoms. The number of pyridine rings is 1. The second-order valence-corrected chi connectivity index (χ2v) is 9.51. The Hall–Kier alpha value is -3.46. The average molecular weight is 423 g/mol. The number of hydrogen-bond acceptors (Lipinski definition) is 2. The molecule has 2 heterocycles. The Morgan fingerprint density at radius 3 is 2.09 bits per heavy atom. The number of carbonyl (C=O) groups is 1. The summed E-state index contributed by atoms with van der Waals surface area (Å²) in [5.41, 5.74) is 6.41. The van der Waals surface area contributed by atoms with Gasteiger partial charge in [-0.1, -0.05) is 101 Å². The molecule has 4 aromatic rings. The molecule has 0 amide bonds. The lowest BCUT2D eigenvalue weighted by Gasteiger charge is -2.25. The second-order valence-electron chi connectivity index (χ2n) is 9.51. The number of benzene rings is 2. The predicted molar refractivity (Wildman–Crippen MR) is 133 cm³/mol. The first kappa shape index (κ1) is 21.8. The van der Waals surface area contributed by atoms with Crippen LogP contribution in [0.4, 0.5) is 0 Å². The molecule has 0 atom stereocenters. The summed E-state index contributed by atoms with van der Waals surface area (Å²) >= 11 is 0. The summed E-state index contributed by atoms with van der Waals surface area (Å²) < 4.78 is 2.24. The van der Waals surface area contributed by atoms with Crippen molar-refractivity contribution in [1.82, 2.24) is 9.38 Å². The highest BCUT2D eigenvalue weighted by Crippen LogP contribution is 2.41. The van der Waals surface area contributed by atoms with Crippen molar-refractivity contribution < 1.29 is 4.79 Å². The zero-order valence-corrected chi connectivity index (χ0v) is 19.5. The summed E-state index contributed by atoms with van der Waals surface area (Å²) in [6, 6.07) is 26.0. The number of rotatable bonds is 5. The van der Waals surface area contributed by atoms with Gasteiger partial charge in [-0.3, -0.25) is 9.20 Å². The average Bonchev–Trinajstić information content (AvgIpc) is 3.16. The topological polar surface area (TPSA) is 34.4 Å². The SMILES string of the molecule is CC(C)c1cccc2nc(-c3ccccc3)c(/C(=C\C(=O)c3ccccc3)C(C)(C)C)n12. The van der Waals surface area contributed by atoms with Crippen molar-refractivity contribution in [2.75, 3.05) is 0 Å². The summed E-state index contributed by atoms with van der Waals surface area (Å²) in [5, 5.41) is 0. The minimum atomic E-state index is -0.270. The number of hydrogen-bond donors (Lipinski definition) is 0. The highest BCUT2D eigenvalue weighted by atomic mass is 16.1. The molecule has 0 radical (unpaired) electrons. The molecule has 162 valence electrons. The van der Waals surface area contributed by atoms with Crippen molar-refractivity contribution in [1.29, 1.82) is 0 Å². The van der Waals surface area contributed by atoms with Gasteiger partial charge in [-0.15, -0.1) is 0 Å². The van der Waals surface area contributed by atoms with Crippen LogP contribution in [0.2, 0.25) is 0 Å². The van der Waals surface area contributed by atoms with Crippen LogP contribution in [0.5, 0.6) is 0 Å². The second kappa shape index (κ2) is 8.58. The third kappa shape index (κ3) is 4.16. The van der Waals surface area contributed by atoms with Crippen LogP contribution in [0.25, 0.3) is 22.5 Å². The quantitative estimate of drug-likeness (QED) is 0.247. The minimum absolute atomic E-state index is 0.00603. The molecular formula is C29H30N2O. The van der Waals surface area contributed by atoms with Gasteiger partial charge in [0.1, 0.15) is 5.65 Å². The predicted octanol–water partition coefficient (Wildman–Crippen LogP) is 7.44. The summed E-state index contributed by atoms with van der Waals surface area (Å²) in [4.78, 5) is 18.3. The van der Waals surface area contributed by atoms with E-state index in [0.717, 1.165) is 28.2 Å². The third-order valence-corrected chi connectivity index (χ3v) is 5.71. The van der Waals surface area contributed by atoms with E-state index < -0.39 is 0 Å². The number of aromatic nitrogens is 2. The first-order valence-electron chi connectivity index (χ1n) is 11.2. The first-order chi connectivity index (χ1) is 15.3. The summed E-state index contributed by atoms with van der Waals surface area (Å²) in [5.74, 6) is 0.313. The van der Waals surface area contributed by atoms with E-state index in [-0.39, 0.29) is 11.2 Å². The van der Waals surface area contributed by atoms with Gasteiger partial charge in [-0.2, -0.15) is 0 Å². The van der Waals surface area contributed by atoms with Gasteiger partial charge in [-0.25, -0.2) is 4.98 Å². The largest absolute Gasteiger partial charge is 0.296 e. The molecule has 3 heteroatoms. The fraction of sp³-hybridized carbons (Fsp3) is 0.241. The molecular weight excluding hydrogens is 392 g/mol.